The molecule has 0 saturated carbocycles. The fourth-order valence-electron chi connectivity index (χ4n) is 10.3. The molecule has 15 heteroatoms. The number of amides is 6. The van der Waals surface area contributed by atoms with Gasteiger partial charge in [0, 0.05) is 18.8 Å². The zero-order valence-corrected chi connectivity index (χ0v) is 39.3. The van der Waals surface area contributed by atoms with Gasteiger partial charge in [-0.25, -0.2) is 9.59 Å². The highest BCUT2D eigenvalue weighted by atomic mass is 16.5. The molecule has 3 aliphatic heterocycles. The monoisotopic (exact) mass is 894 g/mol. The smallest absolute Gasteiger partial charge is 0.407 e. The van der Waals surface area contributed by atoms with Crippen LogP contribution in [-0.2, 0) is 45.1 Å². The molecule has 3 saturated heterocycles. The number of likely N-dealkylation sites (tertiary alicyclic amines) is 2. The lowest BCUT2D eigenvalue weighted by Gasteiger charge is -2.39. The van der Waals surface area contributed by atoms with Crippen LogP contribution in [0.25, 0.3) is 0 Å². The van der Waals surface area contributed by atoms with Gasteiger partial charge in [-0.3, -0.25) is 19.2 Å². The molecule has 0 aromatic heterocycles. The van der Waals surface area contributed by atoms with Gasteiger partial charge in [0.25, 0.3) is 0 Å². The normalized spacial score (nSPS) is 23.0. The first-order chi connectivity index (χ1) is 30.7. The number of primary amides is 2. The molecule has 6 N–H and O–H groups in total. The number of nitrogens with two attached hydrogens (primary N) is 2. The predicted molar refractivity (Wildman–Crippen MR) is 247 cm³/mol. The van der Waals surface area contributed by atoms with Crippen LogP contribution in [-0.4, -0.2) is 85.0 Å². The van der Waals surface area contributed by atoms with Crippen molar-refractivity contribution >= 4 is 41.5 Å². The van der Waals surface area contributed by atoms with E-state index in [0.29, 0.717) is 49.9 Å². The van der Waals surface area contributed by atoms with Gasteiger partial charge in [-0.05, 0) is 95.7 Å². The quantitative estimate of drug-likeness (QED) is 0.149. The van der Waals surface area contributed by atoms with Crippen molar-refractivity contribution in [2.45, 2.75) is 128 Å². The number of alkyl carbamates (subject to hydrolysis) is 2. The Morgan fingerprint density at radius 1 is 0.615 bits per heavy atom. The minimum atomic E-state index is -1.40. The summed E-state index contributed by atoms with van der Waals surface area (Å²) < 4.78 is 9.61. The third-order valence-electron chi connectivity index (χ3n) is 13.9. The van der Waals surface area contributed by atoms with Crippen LogP contribution in [0.5, 0.6) is 0 Å². The fraction of sp³-hybridized carbons (Fsp3) is 0.520. The highest BCUT2D eigenvalue weighted by Crippen LogP contribution is 2.49. The molecular weight excluding hydrogens is 827 g/mol. The predicted octanol–water partition coefficient (Wildman–Crippen LogP) is 6.43. The van der Waals surface area contributed by atoms with E-state index in [1.54, 1.807) is 0 Å². The van der Waals surface area contributed by atoms with Gasteiger partial charge in [-0.1, -0.05) is 109 Å². The van der Waals surface area contributed by atoms with Crippen LogP contribution in [0, 0.1) is 11.8 Å². The first-order valence-electron chi connectivity index (χ1n) is 22.7. The summed E-state index contributed by atoms with van der Waals surface area (Å²) in [6, 6.07) is 22.3. The Labute approximate surface area is 382 Å². The highest BCUT2D eigenvalue weighted by molar-refractivity contribution is 5.96. The molecule has 6 rings (SSSR count). The molecule has 3 aromatic carbocycles. The number of nitrogens with zero attached hydrogens (tertiary/aromatic N) is 3. The minimum Gasteiger partial charge on any atom is -0.453 e. The number of methoxy groups -OCH3 is 2. The van der Waals surface area contributed by atoms with E-state index >= 15 is 0 Å². The van der Waals surface area contributed by atoms with Crippen LogP contribution in [0.3, 0.4) is 0 Å². The lowest BCUT2D eigenvalue weighted by molar-refractivity contribution is -0.146. The summed E-state index contributed by atoms with van der Waals surface area (Å²) in [5, 5.41) is 5.30. The molecule has 6 amide bonds. The summed E-state index contributed by atoms with van der Waals surface area (Å²) in [7, 11) is 2.47. The Bertz CT molecular complexity index is 2110. The van der Waals surface area contributed by atoms with Gasteiger partial charge in [0.2, 0.25) is 23.6 Å². The van der Waals surface area contributed by atoms with Crippen LogP contribution in [0.1, 0.15) is 127 Å². The summed E-state index contributed by atoms with van der Waals surface area (Å²) >= 11 is 0. The van der Waals surface area contributed by atoms with Crippen molar-refractivity contribution in [3.8, 4) is 0 Å². The number of hydrogen-bond donors (Lipinski definition) is 4. The van der Waals surface area contributed by atoms with Crippen LogP contribution in [0.4, 0.5) is 15.3 Å². The molecule has 0 unspecified atom stereocenters. The summed E-state index contributed by atoms with van der Waals surface area (Å²) in [5.41, 5.74) is 15.0. The molecule has 350 valence electrons. The first kappa shape index (κ1) is 48.3. The summed E-state index contributed by atoms with van der Waals surface area (Å²) in [6.45, 7) is 14.4. The van der Waals surface area contributed by atoms with Crippen molar-refractivity contribution in [3.63, 3.8) is 0 Å². The highest BCUT2D eigenvalue weighted by Gasteiger charge is 2.53. The van der Waals surface area contributed by atoms with Crippen molar-refractivity contribution in [3.05, 3.63) is 101 Å². The largest absolute Gasteiger partial charge is 0.453 e. The number of carbonyl (C=O) groups is 6. The average molecular weight is 894 g/mol. The van der Waals surface area contributed by atoms with Crippen LogP contribution in [0.2, 0.25) is 0 Å². The maximum Gasteiger partial charge on any atom is 0.407 e. The molecule has 15 nitrogen and oxygen atoms in total. The van der Waals surface area contributed by atoms with E-state index in [1.807, 2.05) is 76.2 Å². The number of hydrogen-bond acceptors (Lipinski definition) is 9. The number of benzene rings is 3. The second-order valence-electron chi connectivity index (χ2n) is 19.4. The minimum absolute atomic E-state index is 0.0547. The second-order valence-corrected chi connectivity index (χ2v) is 19.4. The molecule has 65 heavy (non-hydrogen) atoms. The molecule has 0 radical (unpaired) electrons. The zero-order valence-electron chi connectivity index (χ0n) is 39.3. The molecule has 0 aliphatic carbocycles. The van der Waals surface area contributed by atoms with E-state index in [-0.39, 0.29) is 29.3 Å². The Morgan fingerprint density at radius 3 is 1.29 bits per heavy atom. The van der Waals surface area contributed by atoms with Gasteiger partial charge in [-0.2, -0.15) is 0 Å². The SMILES string of the molecule is COC(=O)N[C@H](C(=O)N1CCC[C@]1(C(N)=O)c1ccc([C@@H]2CC[C@@H](c3ccc([C@@]4(C(N)=O)CCCN4C(=O)[C@@H](NC(=O)OC)C(C)C)cc3)N2c2ccc(C(C)(C)C)cc2)cc1)C(C)C. The lowest BCUT2D eigenvalue weighted by atomic mass is 9.84. The van der Waals surface area contributed by atoms with Crippen LogP contribution >= 0.6 is 0 Å². The maximum atomic E-state index is 14.1. The molecule has 3 fully saturated rings. The molecule has 6 atom stereocenters. The second kappa shape index (κ2) is 19.2. The van der Waals surface area contributed by atoms with Gasteiger partial charge in [0.15, 0.2) is 0 Å². The van der Waals surface area contributed by atoms with Crippen molar-refractivity contribution in [2.24, 2.45) is 23.3 Å². The number of ether oxygens (including phenoxy) is 2. The topological polar surface area (TPSA) is 207 Å². The van der Waals surface area contributed by atoms with Gasteiger partial charge < -0.3 is 46.3 Å². The van der Waals surface area contributed by atoms with Crippen molar-refractivity contribution in [2.75, 3.05) is 32.2 Å². The maximum absolute atomic E-state index is 14.1. The van der Waals surface area contributed by atoms with Gasteiger partial charge >= 0.3 is 12.2 Å². The van der Waals surface area contributed by atoms with Crippen molar-refractivity contribution in [1.29, 1.82) is 0 Å². The molecule has 3 heterocycles. The van der Waals surface area contributed by atoms with E-state index in [2.05, 4.69) is 60.6 Å². The number of carbonyl (C=O) groups excluding carboxylic acids is 6. The Kier molecular flexibility index (Phi) is 14.2. The van der Waals surface area contributed by atoms with Crippen molar-refractivity contribution in [1.82, 2.24) is 20.4 Å². The molecule has 3 aliphatic rings. The summed E-state index contributed by atoms with van der Waals surface area (Å²) in [5.74, 6) is -2.63. The third kappa shape index (κ3) is 9.11. The zero-order chi connectivity index (χ0) is 47.6. The molecule has 0 spiro atoms. The number of rotatable bonds is 13. The Balaban J connectivity index is 1.35. The number of nitrogens with one attached hydrogen (secondary N) is 2. The molecular formula is C50H67N7O8. The molecule has 3 aromatic rings. The van der Waals surface area contributed by atoms with Crippen LogP contribution < -0.4 is 27.0 Å². The van der Waals surface area contributed by atoms with Crippen LogP contribution in [0.15, 0.2) is 72.8 Å². The standard InChI is InChI=1S/C50H67N7O8/c1-30(2)40(53-46(62)64-8)42(58)55-28-10-26-49(55,44(51)60)35-16-12-32(13-17-35)38-24-25-39(57(38)37-22-20-34(21-23-37)48(5,6)7)33-14-18-36(19-15-33)50(45(52)61)27-11-29-56(50)43(59)41(31(3)4)54-47(63)65-9/h12-23,30-31,38-41H,10-11,24-29H2,1-9H3,(H2,51,60)(H2,52,61)(H,53,62)(H,54,63)/t38-,39-,40-,41-,49+,50+/m0/s1. The van der Waals surface area contributed by atoms with E-state index < -0.39 is 59.0 Å². The molecule has 0 bridgehead atoms. The lowest BCUT2D eigenvalue weighted by Crippen LogP contribution is -2.59. The van der Waals surface area contributed by atoms with E-state index in [0.717, 1.165) is 29.7 Å². The van der Waals surface area contributed by atoms with E-state index in [9.17, 15) is 28.8 Å². The third-order valence-corrected chi connectivity index (χ3v) is 13.9. The Morgan fingerprint density at radius 2 is 0.985 bits per heavy atom. The fourth-order valence-corrected chi connectivity index (χ4v) is 10.3. The average Bonchev–Trinajstić information content (AvgIpc) is 4.05. The van der Waals surface area contributed by atoms with Gasteiger partial charge in [0.05, 0.1) is 26.3 Å². The van der Waals surface area contributed by atoms with E-state index in [1.165, 1.54) is 29.6 Å². The van der Waals surface area contributed by atoms with E-state index in [4.69, 9.17) is 20.9 Å². The summed E-state index contributed by atoms with van der Waals surface area (Å²) in [6.07, 6.45) is 1.92. The van der Waals surface area contributed by atoms with Crippen molar-refractivity contribution < 1.29 is 38.2 Å². The van der Waals surface area contributed by atoms with Gasteiger partial charge in [-0.15, -0.1) is 0 Å². The van der Waals surface area contributed by atoms with Gasteiger partial charge in [0.1, 0.15) is 23.2 Å². The first-order valence-corrected chi connectivity index (χ1v) is 22.7. The number of anilines is 1. The Hall–Kier alpha value is -6.12. The summed E-state index contributed by atoms with van der Waals surface area (Å²) in [4.78, 5) is 85.3.